The molecule has 3 unspecified atom stereocenters. The number of sulfonamides is 1. The minimum absolute atomic E-state index is 0.00725. The predicted octanol–water partition coefficient (Wildman–Crippen LogP) is 3.37. The smallest absolute Gasteiger partial charge is 0.390 e. The average Bonchev–Trinajstić information content (AvgIpc) is 3.34. The van der Waals surface area contributed by atoms with Crippen molar-refractivity contribution in [2.24, 2.45) is 16.8 Å². The summed E-state index contributed by atoms with van der Waals surface area (Å²) < 4.78 is 70.7. The van der Waals surface area contributed by atoms with Crippen LogP contribution in [-0.2, 0) is 26.0 Å². The van der Waals surface area contributed by atoms with Crippen LogP contribution in [0, 0.1) is 11.8 Å². The zero-order valence-corrected chi connectivity index (χ0v) is 26.0. The van der Waals surface area contributed by atoms with Gasteiger partial charge in [-0.2, -0.15) is 17.5 Å². The molecular weight excluding hydrogens is 597 g/mol. The van der Waals surface area contributed by atoms with Gasteiger partial charge >= 0.3 is 6.18 Å². The second-order valence-electron chi connectivity index (χ2n) is 11.8. The zero-order chi connectivity index (χ0) is 31.9. The van der Waals surface area contributed by atoms with Gasteiger partial charge in [-0.3, -0.25) is 9.79 Å². The Morgan fingerprint density at radius 3 is 2.61 bits per heavy atom. The van der Waals surface area contributed by atoms with E-state index in [1.54, 1.807) is 7.11 Å². The van der Waals surface area contributed by atoms with Gasteiger partial charge in [0, 0.05) is 37.1 Å². The van der Waals surface area contributed by atoms with E-state index in [2.05, 4.69) is 22.8 Å². The number of hydrogen-bond donors (Lipinski definition) is 3. The Bertz CT molecular complexity index is 1320. The average molecular weight is 641 g/mol. The Labute approximate surface area is 257 Å². The lowest BCUT2D eigenvalue weighted by molar-refractivity contribution is -0.130. The van der Waals surface area contributed by atoms with Gasteiger partial charge in [-0.05, 0) is 43.5 Å². The third-order valence-corrected chi connectivity index (χ3v) is 10.6. The van der Waals surface area contributed by atoms with E-state index in [0.29, 0.717) is 25.8 Å². The van der Waals surface area contributed by atoms with Crippen LogP contribution in [0.15, 0.2) is 59.3 Å². The molecule has 1 aromatic rings. The molecule has 2 aliphatic carbocycles. The van der Waals surface area contributed by atoms with E-state index < -0.39 is 52.5 Å². The number of ether oxygens (including phenoxy) is 1. The summed E-state index contributed by atoms with van der Waals surface area (Å²) in [6, 6.07) is 7.34. The Morgan fingerprint density at radius 1 is 1.16 bits per heavy atom. The van der Waals surface area contributed by atoms with Crippen LogP contribution < -0.4 is 10.6 Å². The van der Waals surface area contributed by atoms with Crippen LogP contribution in [0.25, 0.3) is 0 Å². The minimum atomic E-state index is -4.65. The first kappa shape index (κ1) is 34.1. The SMILES string of the molecule is COC1=CC2C3=NC[C@@H](O)[C@H](Cc4ccccc4)NC(=O)[C@@H](N(C)S(=O)(=O)CCC(F)(F)F)CCCCCNC(C3)C2C=C1. The number of carbonyl (C=O) groups is 1. The maximum atomic E-state index is 13.7. The number of aliphatic imine (C=N–C) groups is 1. The fourth-order valence-electron chi connectivity index (χ4n) is 6.14. The molecule has 4 rings (SSSR count). The Balaban J connectivity index is 1.61. The molecular formula is C31H43F3N4O5S. The van der Waals surface area contributed by atoms with Gasteiger partial charge in [0.25, 0.3) is 0 Å². The lowest BCUT2D eigenvalue weighted by atomic mass is 9.88. The molecule has 1 heterocycles. The van der Waals surface area contributed by atoms with Crippen LogP contribution in [0.5, 0.6) is 0 Å². The largest absolute Gasteiger partial charge is 0.497 e. The highest BCUT2D eigenvalue weighted by Gasteiger charge is 2.40. The molecule has 0 spiro atoms. The Morgan fingerprint density at radius 2 is 1.91 bits per heavy atom. The number of amides is 1. The molecule has 1 saturated carbocycles. The van der Waals surface area contributed by atoms with Crippen molar-refractivity contribution in [3.8, 4) is 0 Å². The number of fused-ring (bicyclic) bond motifs is 5. The van der Waals surface area contributed by atoms with Gasteiger partial charge in [0.1, 0.15) is 11.8 Å². The van der Waals surface area contributed by atoms with E-state index in [1.165, 1.54) is 0 Å². The van der Waals surface area contributed by atoms with E-state index in [0.717, 1.165) is 34.8 Å². The van der Waals surface area contributed by atoms with Crippen molar-refractivity contribution >= 4 is 21.6 Å². The maximum absolute atomic E-state index is 13.7. The van der Waals surface area contributed by atoms with Gasteiger partial charge in [-0.15, -0.1) is 0 Å². The van der Waals surface area contributed by atoms with Crippen molar-refractivity contribution in [3.63, 3.8) is 0 Å². The number of hydrogen-bond acceptors (Lipinski definition) is 7. The fraction of sp³-hybridized carbons (Fsp3) is 0.613. The highest BCUT2D eigenvalue weighted by molar-refractivity contribution is 7.89. The second kappa shape index (κ2) is 15.0. The number of nitrogens with zero attached hydrogens (tertiary/aromatic N) is 2. The number of alkyl halides is 3. The van der Waals surface area contributed by atoms with Crippen LogP contribution in [0.3, 0.4) is 0 Å². The minimum Gasteiger partial charge on any atom is -0.497 e. The van der Waals surface area contributed by atoms with Gasteiger partial charge in [0.15, 0.2) is 0 Å². The maximum Gasteiger partial charge on any atom is 0.390 e. The summed E-state index contributed by atoms with van der Waals surface area (Å²) in [4.78, 5) is 18.5. The molecule has 6 atom stereocenters. The summed E-state index contributed by atoms with van der Waals surface area (Å²) in [5, 5.41) is 17.9. The summed E-state index contributed by atoms with van der Waals surface area (Å²) in [6.07, 6.45) is 1.93. The predicted molar refractivity (Wildman–Crippen MR) is 162 cm³/mol. The molecule has 1 aromatic carbocycles. The first-order valence-corrected chi connectivity index (χ1v) is 16.7. The number of likely N-dealkylation sites (N-methyl/N-ethyl adjacent to an activating group) is 1. The highest BCUT2D eigenvalue weighted by Crippen LogP contribution is 2.36. The van der Waals surface area contributed by atoms with Crippen molar-refractivity contribution in [1.82, 2.24) is 14.9 Å². The molecule has 2 bridgehead atoms. The number of halogens is 3. The number of allylic oxidation sites excluding steroid dienone is 2. The highest BCUT2D eigenvalue weighted by atomic mass is 32.2. The third kappa shape index (κ3) is 9.15. The number of benzene rings is 1. The van der Waals surface area contributed by atoms with Crippen molar-refractivity contribution in [2.45, 2.75) is 75.4 Å². The van der Waals surface area contributed by atoms with E-state index in [-0.39, 0.29) is 37.3 Å². The van der Waals surface area contributed by atoms with Gasteiger partial charge in [-0.1, -0.05) is 49.2 Å². The lowest BCUT2D eigenvalue weighted by Gasteiger charge is -2.30. The number of aliphatic hydroxyl groups excluding tert-OH is 1. The summed E-state index contributed by atoms with van der Waals surface area (Å²) in [5.41, 5.74) is 1.77. The summed E-state index contributed by atoms with van der Waals surface area (Å²) >= 11 is 0. The number of aliphatic hydroxyl groups is 1. The van der Waals surface area contributed by atoms with Gasteiger partial charge < -0.3 is 20.5 Å². The van der Waals surface area contributed by atoms with Gasteiger partial charge in [-0.25, -0.2) is 8.42 Å². The Hall–Kier alpha value is -2.74. The normalized spacial score (nSPS) is 29.0. The molecule has 0 saturated heterocycles. The van der Waals surface area contributed by atoms with Crippen LogP contribution in [0.4, 0.5) is 13.2 Å². The molecule has 13 heteroatoms. The van der Waals surface area contributed by atoms with E-state index in [4.69, 9.17) is 9.73 Å². The molecule has 3 aliphatic rings. The van der Waals surface area contributed by atoms with E-state index in [9.17, 15) is 31.5 Å². The molecule has 1 aliphatic heterocycles. The number of methoxy groups -OCH3 is 1. The molecule has 0 radical (unpaired) electrons. The topological polar surface area (TPSA) is 120 Å². The van der Waals surface area contributed by atoms with Crippen LogP contribution in [0.2, 0.25) is 0 Å². The summed E-state index contributed by atoms with van der Waals surface area (Å²) in [6.45, 7) is 0.710. The fourth-order valence-corrected chi connectivity index (χ4v) is 7.51. The van der Waals surface area contributed by atoms with Crippen molar-refractivity contribution in [3.05, 3.63) is 59.9 Å². The lowest BCUT2D eigenvalue weighted by Crippen LogP contribution is -2.54. The van der Waals surface area contributed by atoms with Gasteiger partial charge in [0.2, 0.25) is 15.9 Å². The molecule has 3 N–H and O–H groups in total. The van der Waals surface area contributed by atoms with Crippen molar-refractivity contribution in [1.29, 1.82) is 0 Å². The number of nitrogens with one attached hydrogen (secondary N) is 2. The van der Waals surface area contributed by atoms with Crippen LogP contribution in [-0.4, -0.2) is 92.9 Å². The molecule has 244 valence electrons. The third-order valence-electron chi connectivity index (χ3n) is 8.71. The van der Waals surface area contributed by atoms with Crippen LogP contribution in [0.1, 0.15) is 44.1 Å². The number of rotatable bonds is 7. The van der Waals surface area contributed by atoms with Crippen molar-refractivity contribution in [2.75, 3.05) is 33.0 Å². The van der Waals surface area contributed by atoms with E-state index >= 15 is 0 Å². The van der Waals surface area contributed by atoms with Crippen LogP contribution >= 0.6 is 0 Å². The summed E-state index contributed by atoms with van der Waals surface area (Å²) in [7, 11) is -1.63. The molecule has 1 fully saturated rings. The molecule has 44 heavy (non-hydrogen) atoms. The Kier molecular flexibility index (Phi) is 11.7. The first-order valence-electron chi connectivity index (χ1n) is 15.1. The standard InChI is InChI=1S/C31H43F3N4O5S/c1-38(44(41,42)16-14-31(32,33)34)28-11-7-4-8-15-35-25-19-26(24-18-22(43-2)12-13-23(24)25)36-20-29(39)27(37-30(28)40)17-21-9-5-3-6-10-21/h3,5-6,9-10,12-13,18,23-25,27-29,35,39H,4,7-8,11,14-17,19-20H2,1-2H3,(H,37,40)/t23?,24?,25?,27-,28-,29+/m0/s1. The molecule has 9 nitrogen and oxygen atoms in total. The van der Waals surface area contributed by atoms with Crippen molar-refractivity contribution < 1.29 is 36.2 Å². The molecule has 0 aromatic heterocycles. The summed E-state index contributed by atoms with van der Waals surface area (Å²) in [5.74, 6) is -0.864. The quantitative estimate of drug-likeness (QED) is 0.421. The number of carbonyl (C=O) groups excluding carboxylic acids is 1. The van der Waals surface area contributed by atoms with Gasteiger partial charge in [0.05, 0.1) is 38.0 Å². The monoisotopic (exact) mass is 640 g/mol. The zero-order valence-electron chi connectivity index (χ0n) is 25.2. The molecule has 1 amide bonds. The van der Waals surface area contributed by atoms with E-state index in [1.807, 2.05) is 36.4 Å². The first-order chi connectivity index (χ1) is 20.9. The second-order valence-corrected chi connectivity index (χ2v) is 13.9.